The molecule has 1 fully saturated rings. The molecule has 11 heteroatoms. The van der Waals surface area contributed by atoms with Crippen LogP contribution in [0.15, 0.2) is 36.5 Å². The molecule has 3 aromatic rings. The summed E-state index contributed by atoms with van der Waals surface area (Å²) in [6.07, 6.45) is 2.54. The van der Waals surface area contributed by atoms with Gasteiger partial charge in [0.25, 0.3) is 0 Å². The summed E-state index contributed by atoms with van der Waals surface area (Å²) in [5.41, 5.74) is 7.30. The van der Waals surface area contributed by atoms with Gasteiger partial charge in [-0.15, -0.1) is 15.3 Å². The number of aromatic nitrogens is 4. The van der Waals surface area contributed by atoms with Gasteiger partial charge < -0.3 is 24.8 Å². The molecular formula is C25H31FN6O4. The van der Waals surface area contributed by atoms with Gasteiger partial charge in [0.15, 0.2) is 12.6 Å². The highest BCUT2D eigenvalue weighted by molar-refractivity contribution is 5.78. The number of anilines is 1. The molecule has 1 aliphatic rings. The van der Waals surface area contributed by atoms with E-state index in [1.165, 1.54) is 7.11 Å². The summed E-state index contributed by atoms with van der Waals surface area (Å²) in [7, 11) is 1.53. The average Bonchev–Trinajstić information content (AvgIpc) is 3.23. The van der Waals surface area contributed by atoms with Crippen molar-refractivity contribution >= 4 is 11.9 Å². The zero-order chi connectivity index (χ0) is 25.9. The highest BCUT2D eigenvalue weighted by Crippen LogP contribution is 2.34. The number of carbonyl (C=O) groups excluding carboxylic acids is 1. The van der Waals surface area contributed by atoms with Crippen LogP contribution < -0.4 is 10.5 Å². The summed E-state index contributed by atoms with van der Waals surface area (Å²) in [5.74, 6) is -0.0105. The van der Waals surface area contributed by atoms with Crippen molar-refractivity contribution in [3.8, 4) is 28.1 Å². The van der Waals surface area contributed by atoms with Crippen LogP contribution in [0, 0.1) is 5.95 Å². The van der Waals surface area contributed by atoms with E-state index in [2.05, 4.69) is 15.3 Å². The summed E-state index contributed by atoms with van der Waals surface area (Å²) >= 11 is 0. The van der Waals surface area contributed by atoms with Crippen molar-refractivity contribution in [2.45, 2.75) is 45.3 Å². The highest BCUT2D eigenvalue weighted by Gasteiger charge is 2.29. The van der Waals surface area contributed by atoms with Crippen LogP contribution in [-0.4, -0.2) is 63.6 Å². The van der Waals surface area contributed by atoms with Gasteiger partial charge in [0.05, 0.1) is 17.3 Å². The van der Waals surface area contributed by atoms with E-state index in [1.807, 2.05) is 39.0 Å². The van der Waals surface area contributed by atoms with Crippen LogP contribution in [0.2, 0.25) is 0 Å². The van der Waals surface area contributed by atoms with E-state index in [4.69, 9.17) is 19.9 Å². The fourth-order valence-corrected chi connectivity index (χ4v) is 4.05. The minimum absolute atomic E-state index is 0.0643. The third-order valence-corrected chi connectivity index (χ3v) is 5.79. The number of amides is 1. The first-order chi connectivity index (χ1) is 17.2. The van der Waals surface area contributed by atoms with E-state index in [0.29, 0.717) is 48.5 Å². The maximum atomic E-state index is 15.0. The van der Waals surface area contributed by atoms with Crippen molar-refractivity contribution in [3.05, 3.63) is 42.5 Å². The lowest BCUT2D eigenvalue weighted by Crippen LogP contribution is -2.42. The van der Waals surface area contributed by atoms with Gasteiger partial charge in [-0.2, -0.15) is 4.39 Å². The number of hydrogen-bond acceptors (Lipinski definition) is 8. The molecule has 2 N–H and O–H groups in total. The van der Waals surface area contributed by atoms with Gasteiger partial charge in [-0.05, 0) is 51.8 Å². The van der Waals surface area contributed by atoms with E-state index in [0.717, 1.165) is 0 Å². The Hall–Kier alpha value is -3.73. The number of methoxy groups -OCH3 is 1. The Balaban J connectivity index is 1.54. The molecule has 0 bridgehead atoms. The molecule has 2 aromatic heterocycles. The van der Waals surface area contributed by atoms with E-state index in [9.17, 15) is 4.79 Å². The number of para-hydroxylation sites is 1. The summed E-state index contributed by atoms with van der Waals surface area (Å²) in [6.45, 7) is 6.57. The van der Waals surface area contributed by atoms with Crippen LogP contribution >= 0.6 is 0 Å². The van der Waals surface area contributed by atoms with Gasteiger partial charge in [0, 0.05) is 37.5 Å². The fourth-order valence-electron chi connectivity index (χ4n) is 4.05. The minimum Gasteiger partial charge on any atom is -0.467 e. The Bertz CT molecular complexity index is 1220. The molecule has 36 heavy (non-hydrogen) atoms. The number of ether oxygens (including phenoxy) is 3. The molecule has 192 valence electrons. The SMILES string of the molecule is COCOc1ccccc1-c1cc(-c2cn(C3CCN(C(=O)OC(C)(C)C)CC3)nc2F)c(N)nn1. The van der Waals surface area contributed by atoms with Gasteiger partial charge in [0.1, 0.15) is 11.4 Å². The maximum absolute atomic E-state index is 15.0. The number of nitrogens with two attached hydrogens (primary N) is 1. The number of hydrogen-bond donors (Lipinski definition) is 1. The first-order valence-electron chi connectivity index (χ1n) is 11.7. The van der Waals surface area contributed by atoms with Crippen molar-refractivity contribution in [1.82, 2.24) is 24.9 Å². The molecule has 1 aromatic carbocycles. The normalized spacial score (nSPS) is 14.6. The Morgan fingerprint density at radius 3 is 2.56 bits per heavy atom. The van der Waals surface area contributed by atoms with Crippen LogP contribution in [-0.2, 0) is 9.47 Å². The van der Waals surface area contributed by atoms with Crippen LogP contribution in [0.25, 0.3) is 22.4 Å². The van der Waals surface area contributed by atoms with Gasteiger partial charge in [-0.3, -0.25) is 4.68 Å². The summed E-state index contributed by atoms with van der Waals surface area (Å²) in [4.78, 5) is 14.0. The van der Waals surface area contributed by atoms with Gasteiger partial charge in [-0.1, -0.05) is 12.1 Å². The lowest BCUT2D eigenvalue weighted by Gasteiger charge is -2.33. The first kappa shape index (κ1) is 25.4. The molecule has 10 nitrogen and oxygen atoms in total. The Morgan fingerprint density at radius 2 is 1.86 bits per heavy atom. The summed E-state index contributed by atoms with van der Waals surface area (Å²) < 4.78 is 32.7. The lowest BCUT2D eigenvalue weighted by molar-refractivity contribution is 0.0184. The van der Waals surface area contributed by atoms with Crippen molar-refractivity contribution < 1.29 is 23.4 Å². The van der Waals surface area contributed by atoms with Gasteiger partial charge in [0.2, 0.25) is 5.95 Å². The first-order valence-corrected chi connectivity index (χ1v) is 11.7. The quantitative estimate of drug-likeness (QED) is 0.501. The smallest absolute Gasteiger partial charge is 0.410 e. The zero-order valence-electron chi connectivity index (χ0n) is 20.9. The highest BCUT2D eigenvalue weighted by atomic mass is 19.1. The van der Waals surface area contributed by atoms with E-state index < -0.39 is 11.5 Å². The lowest BCUT2D eigenvalue weighted by atomic mass is 10.0. The van der Waals surface area contributed by atoms with E-state index >= 15 is 4.39 Å². The predicted molar refractivity (Wildman–Crippen MR) is 132 cm³/mol. The molecule has 0 radical (unpaired) electrons. The number of carbonyl (C=O) groups is 1. The van der Waals surface area contributed by atoms with Crippen LogP contribution in [0.4, 0.5) is 15.0 Å². The molecule has 1 aliphatic heterocycles. The third kappa shape index (κ3) is 5.73. The largest absolute Gasteiger partial charge is 0.467 e. The van der Waals surface area contributed by atoms with Crippen molar-refractivity contribution in [2.75, 3.05) is 32.7 Å². The number of likely N-dealkylation sites (tertiary alicyclic amines) is 1. The molecule has 0 spiro atoms. The Labute approximate surface area is 209 Å². The Kier molecular flexibility index (Phi) is 7.39. The van der Waals surface area contributed by atoms with E-state index in [-0.39, 0.29) is 30.3 Å². The van der Waals surface area contributed by atoms with Crippen molar-refractivity contribution in [1.29, 1.82) is 0 Å². The van der Waals surface area contributed by atoms with Crippen LogP contribution in [0.3, 0.4) is 0 Å². The average molecular weight is 499 g/mol. The second-order valence-electron chi connectivity index (χ2n) is 9.59. The number of nitrogen functional groups attached to an aromatic ring is 1. The molecule has 0 saturated carbocycles. The van der Waals surface area contributed by atoms with Crippen LogP contribution in [0.5, 0.6) is 5.75 Å². The molecule has 4 rings (SSSR count). The number of benzene rings is 1. The van der Waals surface area contributed by atoms with E-state index in [1.54, 1.807) is 27.9 Å². The summed E-state index contributed by atoms with van der Waals surface area (Å²) in [6, 6.07) is 8.90. The molecule has 0 atom stereocenters. The zero-order valence-corrected chi connectivity index (χ0v) is 20.9. The number of piperidine rings is 1. The predicted octanol–water partition coefficient (Wildman–Crippen LogP) is 4.28. The van der Waals surface area contributed by atoms with Gasteiger partial charge >= 0.3 is 6.09 Å². The molecule has 3 heterocycles. The molecule has 1 amide bonds. The molecular weight excluding hydrogens is 467 g/mol. The number of halogens is 1. The minimum atomic E-state index is -0.654. The van der Waals surface area contributed by atoms with Crippen molar-refractivity contribution in [3.63, 3.8) is 0 Å². The monoisotopic (exact) mass is 498 g/mol. The maximum Gasteiger partial charge on any atom is 0.410 e. The Morgan fingerprint density at radius 1 is 1.14 bits per heavy atom. The second kappa shape index (κ2) is 10.5. The third-order valence-electron chi connectivity index (χ3n) is 5.79. The van der Waals surface area contributed by atoms with Gasteiger partial charge in [-0.25, -0.2) is 4.79 Å². The second-order valence-corrected chi connectivity index (χ2v) is 9.59. The number of nitrogens with zero attached hydrogens (tertiary/aromatic N) is 5. The molecule has 1 saturated heterocycles. The number of rotatable bonds is 6. The van der Waals surface area contributed by atoms with Crippen LogP contribution in [0.1, 0.15) is 39.7 Å². The fraction of sp³-hybridized carbons (Fsp3) is 0.440. The molecule has 0 unspecified atom stereocenters. The standard InChI is InChI=1S/C25H31FN6O4/c1-25(2,3)36-24(33)31-11-9-16(10-12-31)32-14-19(22(26)30-32)18-13-20(28-29-23(18)27)17-7-5-6-8-21(17)35-15-34-4/h5-8,13-14,16H,9-12,15H2,1-4H3,(H2,27,29). The summed E-state index contributed by atoms with van der Waals surface area (Å²) in [5, 5.41) is 12.4. The topological polar surface area (TPSA) is 118 Å². The molecule has 0 aliphatic carbocycles. The van der Waals surface area contributed by atoms with Crippen molar-refractivity contribution in [2.24, 2.45) is 0 Å².